The Kier molecular flexibility index (Phi) is 6.07. The van der Waals surface area contributed by atoms with Crippen molar-refractivity contribution in [3.8, 4) is 0 Å². The first-order valence-corrected chi connectivity index (χ1v) is 6.23. The Hall–Kier alpha value is -1.14. The summed E-state index contributed by atoms with van der Waals surface area (Å²) in [6.45, 7) is 3.02. The van der Waals surface area contributed by atoms with E-state index in [0.717, 1.165) is 6.54 Å². The van der Waals surface area contributed by atoms with E-state index in [4.69, 9.17) is 4.74 Å². The van der Waals surface area contributed by atoms with Crippen molar-refractivity contribution in [3.63, 3.8) is 0 Å². The van der Waals surface area contributed by atoms with Gasteiger partial charge in [0, 0.05) is 39.7 Å². The molecule has 0 aromatic rings. The Labute approximate surface area is 108 Å². The summed E-state index contributed by atoms with van der Waals surface area (Å²) < 4.78 is 4.94. The largest absolute Gasteiger partial charge is 0.383 e. The van der Waals surface area contributed by atoms with Crippen LogP contribution in [0.5, 0.6) is 0 Å². The third-order valence-electron chi connectivity index (χ3n) is 3.01. The highest BCUT2D eigenvalue weighted by molar-refractivity contribution is 5.89. The average Bonchev–Trinajstić information content (AvgIpc) is 2.67. The number of nitrogens with one attached hydrogen (secondary N) is 1. The molecule has 1 unspecified atom stereocenters. The molecule has 1 N–H and O–H groups in total. The van der Waals surface area contributed by atoms with Gasteiger partial charge in [0.1, 0.15) is 0 Å². The van der Waals surface area contributed by atoms with Gasteiger partial charge >= 0.3 is 0 Å². The number of ether oxygens (including phenoxy) is 1. The monoisotopic (exact) mass is 257 g/mol. The summed E-state index contributed by atoms with van der Waals surface area (Å²) in [5, 5.41) is 2.86. The number of hydrogen-bond acceptors (Lipinski definition) is 4. The standard InChI is InChI=1S/C12H23N3O3/c1-14(2)5-4-13-12(17)10-8-11(16)15(9-10)6-7-18-3/h10H,4-9H2,1-3H3,(H,13,17). The van der Waals surface area contributed by atoms with E-state index >= 15 is 0 Å². The van der Waals surface area contributed by atoms with Crippen LogP contribution in [-0.4, -0.2) is 75.6 Å². The molecule has 0 bridgehead atoms. The fourth-order valence-electron chi connectivity index (χ4n) is 1.91. The molecule has 1 aliphatic heterocycles. The number of amides is 2. The number of carbonyl (C=O) groups is 2. The minimum absolute atomic E-state index is 0.0230. The van der Waals surface area contributed by atoms with Crippen LogP contribution in [0.25, 0.3) is 0 Å². The summed E-state index contributed by atoms with van der Waals surface area (Å²) in [5.41, 5.74) is 0. The Bertz CT molecular complexity index is 294. The van der Waals surface area contributed by atoms with Crippen LogP contribution in [0.1, 0.15) is 6.42 Å². The second kappa shape index (κ2) is 7.33. The van der Waals surface area contributed by atoms with Gasteiger partial charge in [-0.3, -0.25) is 9.59 Å². The van der Waals surface area contributed by atoms with E-state index in [-0.39, 0.29) is 17.7 Å². The molecule has 0 aromatic carbocycles. The molecule has 0 radical (unpaired) electrons. The number of likely N-dealkylation sites (tertiary alicyclic amines) is 1. The molecule has 1 saturated heterocycles. The predicted octanol–water partition coefficient (Wildman–Crippen LogP) is -0.841. The Morgan fingerprint density at radius 2 is 2.28 bits per heavy atom. The van der Waals surface area contributed by atoms with E-state index in [1.807, 2.05) is 19.0 Å². The van der Waals surface area contributed by atoms with Crippen LogP contribution in [0.15, 0.2) is 0 Å². The molecule has 18 heavy (non-hydrogen) atoms. The number of hydrogen-bond donors (Lipinski definition) is 1. The summed E-state index contributed by atoms with van der Waals surface area (Å²) in [5.74, 6) is -0.193. The van der Waals surface area contributed by atoms with Crippen molar-refractivity contribution < 1.29 is 14.3 Å². The van der Waals surface area contributed by atoms with E-state index in [0.29, 0.717) is 32.7 Å². The summed E-state index contributed by atoms with van der Waals surface area (Å²) in [4.78, 5) is 27.2. The third-order valence-corrected chi connectivity index (χ3v) is 3.01. The lowest BCUT2D eigenvalue weighted by atomic mass is 10.1. The maximum absolute atomic E-state index is 11.9. The highest BCUT2D eigenvalue weighted by atomic mass is 16.5. The van der Waals surface area contributed by atoms with Crippen LogP contribution in [0.3, 0.4) is 0 Å². The molecular weight excluding hydrogens is 234 g/mol. The van der Waals surface area contributed by atoms with Crippen molar-refractivity contribution in [1.29, 1.82) is 0 Å². The van der Waals surface area contributed by atoms with Gasteiger partial charge in [0.05, 0.1) is 12.5 Å². The minimum Gasteiger partial charge on any atom is -0.383 e. The van der Waals surface area contributed by atoms with E-state index in [2.05, 4.69) is 5.32 Å². The molecule has 2 amide bonds. The maximum atomic E-state index is 11.9. The van der Waals surface area contributed by atoms with Crippen molar-refractivity contribution in [2.75, 3.05) is 54.0 Å². The molecule has 6 nitrogen and oxygen atoms in total. The van der Waals surface area contributed by atoms with Gasteiger partial charge in [-0.2, -0.15) is 0 Å². The van der Waals surface area contributed by atoms with Crippen molar-refractivity contribution in [1.82, 2.24) is 15.1 Å². The predicted molar refractivity (Wildman–Crippen MR) is 68.1 cm³/mol. The molecule has 0 saturated carbocycles. The first kappa shape index (κ1) is 14.9. The topological polar surface area (TPSA) is 61.9 Å². The lowest BCUT2D eigenvalue weighted by Crippen LogP contribution is -2.37. The highest BCUT2D eigenvalue weighted by Gasteiger charge is 2.33. The quantitative estimate of drug-likeness (QED) is 0.646. The summed E-state index contributed by atoms with van der Waals surface area (Å²) in [7, 11) is 5.52. The number of carbonyl (C=O) groups excluding carboxylic acids is 2. The lowest BCUT2D eigenvalue weighted by Gasteiger charge is -2.16. The summed E-state index contributed by atoms with van der Waals surface area (Å²) in [6, 6.07) is 0. The van der Waals surface area contributed by atoms with Gasteiger partial charge in [-0.1, -0.05) is 0 Å². The fourth-order valence-corrected chi connectivity index (χ4v) is 1.91. The first-order chi connectivity index (χ1) is 8.54. The number of rotatable bonds is 7. The van der Waals surface area contributed by atoms with Gasteiger partial charge in [-0.15, -0.1) is 0 Å². The zero-order chi connectivity index (χ0) is 13.5. The summed E-state index contributed by atoms with van der Waals surface area (Å²) >= 11 is 0. The Morgan fingerprint density at radius 1 is 1.56 bits per heavy atom. The normalized spacial score (nSPS) is 19.7. The van der Waals surface area contributed by atoms with Crippen LogP contribution in [0.4, 0.5) is 0 Å². The van der Waals surface area contributed by atoms with E-state index < -0.39 is 0 Å². The second-order valence-corrected chi connectivity index (χ2v) is 4.83. The van der Waals surface area contributed by atoms with Crippen LogP contribution in [-0.2, 0) is 14.3 Å². The Balaban J connectivity index is 2.30. The molecule has 0 aliphatic carbocycles. The molecule has 0 aromatic heterocycles. The van der Waals surface area contributed by atoms with Crippen molar-refractivity contribution in [2.45, 2.75) is 6.42 Å². The van der Waals surface area contributed by atoms with Crippen LogP contribution < -0.4 is 5.32 Å². The number of methoxy groups -OCH3 is 1. The second-order valence-electron chi connectivity index (χ2n) is 4.83. The minimum atomic E-state index is -0.212. The Morgan fingerprint density at radius 3 is 2.89 bits per heavy atom. The van der Waals surface area contributed by atoms with Gasteiger partial charge in [0.25, 0.3) is 0 Å². The van der Waals surface area contributed by atoms with E-state index in [1.54, 1.807) is 12.0 Å². The van der Waals surface area contributed by atoms with Gasteiger partial charge in [-0.25, -0.2) is 0 Å². The molecular formula is C12H23N3O3. The van der Waals surface area contributed by atoms with Gasteiger partial charge < -0.3 is 19.9 Å². The van der Waals surface area contributed by atoms with E-state index in [9.17, 15) is 9.59 Å². The van der Waals surface area contributed by atoms with Gasteiger partial charge in [0.2, 0.25) is 11.8 Å². The molecule has 6 heteroatoms. The molecule has 1 aliphatic rings. The average molecular weight is 257 g/mol. The highest BCUT2D eigenvalue weighted by Crippen LogP contribution is 2.17. The van der Waals surface area contributed by atoms with Crippen LogP contribution in [0.2, 0.25) is 0 Å². The molecule has 1 rings (SSSR count). The van der Waals surface area contributed by atoms with Crippen molar-refractivity contribution in [3.05, 3.63) is 0 Å². The molecule has 104 valence electrons. The zero-order valence-electron chi connectivity index (χ0n) is 11.4. The van der Waals surface area contributed by atoms with Crippen molar-refractivity contribution in [2.24, 2.45) is 5.92 Å². The zero-order valence-corrected chi connectivity index (χ0v) is 11.4. The SMILES string of the molecule is COCCN1CC(C(=O)NCCN(C)C)CC1=O. The van der Waals surface area contributed by atoms with Gasteiger partial charge in [-0.05, 0) is 14.1 Å². The number of nitrogens with zero attached hydrogens (tertiary/aromatic N) is 2. The summed E-state index contributed by atoms with van der Waals surface area (Å²) in [6.07, 6.45) is 0.317. The molecule has 1 fully saturated rings. The smallest absolute Gasteiger partial charge is 0.225 e. The van der Waals surface area contributed by atoms with E-state index in [1.165, 1.54) is 0 Å². The molecule has 1 atom stereocenters. The first-order valence-electron chi connectivity index (χ1n) is 6.23. The van der Waals surface area contributed by atoms with Crippen LogP contribution >= 0.6 is 0 Å². The number of likely N-dealkylation sites (N-methyl/N-ethyl adjacent to an activating group) is 1. The lowest BCUT2D eigenvalue weighted by molar-refractivity contribution is -0.129. The fraction of sp³-hybridized carbons (Fsp3) is 0.833. The van der Waals surface area contributed by atoms with Gasteiger partial charge in [0.15, 0.2) is 0 Å². The maximum Gasteiger partial charge on any atom is 0.225 e. The van der Waals surface area contributed by atoms with Crippen LogP contribution in [0, 0.1) is 5.92 Å². The third kappa shape index (κ3) is 4.62. The molecule has 0 spiro atoms. The molecule has 1 heterocycles. The van der Waals surface area contributed by atoms with Crippen molar-refractivity contribution >= 4 is 11.8 Å².